The fourth-order valence-corrected chi connectivity index (χ4v) is 7.36. The third-order valence-corrected chi connectivity index (χ3v) is 9.67. The van der Waals surface area contributed by atoms with Crippen molar-refractivity contribution in [3.63, 3.8) is 0 Å². The molecule has 228 valence electrons. The van der Waals surface area contributed by atoms with Crippen molar-refractivity contribution in [3.05, 3.63) is 63.9 Å². The molecule has 2 aliphatic rings. The fourth-order valence-electron chi connectivity index (χ4n) is 5.16. The Labute approximate surface area is 255 Å². The molecule has 2 saturated heterocycles. The van der Waals surface area contributed by atoms with Gasteiger partial charge in [-0.25, -0.2) is 17.6 Å². The Kier molecular flexibility index (Phi) is 9.13. The first kappa shape index (κ1) is 32.0. The predicted molar refractivity (Wildman–Crippen MR) is 157 cm³/mol. The van der Waals surface area contributed by atoms with Crippen LogP contribution in [0.15, 0.2) is 47.4 Å². The topological polar surface area (TPSA) is 119 Å². The third-order valence-electron chi connectivity index (χ3n) is 7.07. The van der Waals surface area contributed by atoms with Gasteiger partial charge < -0.3 is 20.4 Å². The zero-order valence-corrected chi connectivity index (χ0v) is 26.2. The molecule has 2 fully saturated rings. The van der Waals surface area contributed by atoms with Crippen molar-refractivity contribution in [2.24, 2.45) is 0 Å². The van der Waals surface area contributed by atoms with Crippen LogP contribution in [0.1, 0.15) is 40.2 Å². The van der Waals surface area contributed by atoms with Crippen LogP contribution in [-0.2, 0) is 26.0 Å². The molecule has 2 aliphatic heterocycles. The highest BCUT2D eigenvalue weighted by atomic mass is 35.5. The number of benzene rings is 2. The number of piperazine rings is 1. The Morgan fingerprint density at radius 2 is 1.69 bits per heavy atom. The number of rotatable bonds is 6. The van der Waals surface area contributed by atoms with Crippen molar-refractivity contribution in [2.45, 2.75) is 75.8 Å². The molecule has 0 saturated carbocycles. The maximum absolute atomic E-state index is 14.3. The minimum absolute atomic E-state index is 0.0664. The first-order valence-corrected chi connectivity index (χ1v) is 15.6. The molecule has 4 amide bonds. The summed E-state index contributed by atoms with van der Waals surface area (Å²) in [7, 11) is -4.54. The number of hydrogen-bond donors (Lipinski definition) is 2. The molecule has 0 aliphatic carbocycles. The number of sulfonamides is 1. The summed E-state index contributed by atoms with van der Waals surface area (Å²) in [6.45, 7) is 8.24. The van der Waals surface area contributed by atoms with E-state index >= 15 is 0 Å². The summed E-state index contributed by atoms with van der Waals surface area (Å²) < 4.78 is 43.6. The third kappa shape index (κ3) is 6.66. The summed E-state index contributed by atoms with van der Waals surface area (Å²) in [6, 6.07) is 6.28. The normalized spacial score (nSPS) is 21.9. The number of halogens is 3. The Balaban J connectivity index is 1.84. The van der Waals surface area contributed by atoms with E-state index in [1.165, 1.54) is 9.80 Å². The summed E-state index contributed by atoms with van der Waals surface area (Å²) in [5.41, 5.74) is 0.0410. The molecule has 2 aromatic carbocycles. The maximum atomic E-state index is 14.3. The monoisotopic (exact) mass is 641 g/mol. The molecular formula is C28H34Cl2FN5O5S. The summed E-state index contributed by atoms with van der Waals surface area (Å²) in [6.07, 6.45) is -1.08. The van der Waals surface area contributed by atoms with E-state index in [0.717, 1.165) is 22.5 Å². The first-order valence-electron chi connectivity index (χ1n) is 13.4. The Bertz CT molecular complexity index is 1480. The molecule has 4 rings (SSSR count). The van der Waals surface area contributed by atoms with Crippen LogP contribution in [0.3, 0.4) is 0 Å². The number of nitrogens with one attached hydrogen (secondary N) is 2. The second-order valence-corrected chi connectivity index (χ2v) is 14.4. The minimum Gasteiger partial charge on any atom is -0.335 e. The largest absolute Gasteiger partial charge is 0.335 e. The average Bonchev–Trinajstić information content (AvgIpc) is 2.88. The molecule has 42 heavy (non-hydrogen) atoms. The Hall–Kier alpha value is -2.93. The van der Waals surface area contributed by atoms with Crippen LogP contribution >= 0.6 is 23.2 Å². The number of carbonyl (C=O) groups excluding carboxylic acids is 3. The highest BCUT2D eigenvalue weighted by molar-refractivity contribution is 7.89. The average molecular weight is 643 g/mol. The van der Waals surface area contributed by atoms with Crippen molar-refractivity contribution < 1.29 is 27.2 Å². The van der Waals surface area contributed by atoms with Gasteiger partial charge in [-0.3, -0.25) is 9.59 Å². The van der Waals surface area contributed by atoms with Gasteiger partial charge in [0.25, 0.3) is 0 Å². The van der Waals surface area contributed by atoms with E-state index < -0.39 is 63.0 Å². The number of hydrogen-bond acceptors (Lipinski definition) is 5. The molecule has 0 spiro atoms. The maximum Gasteiger partial charge on any atom is 0.315 e. The van der Waals surface area contributed by atoms with Crippen molar-refractivity contribution in [1.29, 1.82) is 0 Å². The van der Waals surface area contributed by atoms with E-state index in [-0.39, 0.29) is 29.9 Å². The molecule has 0 aromatic heterocycles. The zero-order valence-electron chi connectivity index (χ0n) is 23.9. The standard InChI is InChI=1S/C28H34Cl2FN5O5S/c1-16(2)34-15-24-35(42(40,41)23-13-19(31)10-11-20(23)30)14-21(32-27(39)33-28(3,4)5)25(37)36(24)22(26(34)38)12-17-6-8-18(29)9-7-17/h6-11,13,16,21-22,24H,12,14-15H2,1-5H3,(H2,32,33,39). The highest BCUT2D eigenvalue weighted by Gasteiger charge is 2.54. The van der Waals surface area contributed by atoms with Crippen LogP contribution in [0.25, 0.3) is 0 Å². The summed E-state index contributed by atoms with van der Waals surface area (Å²) in [4.78, 5) is 43.0. The fraction of sp³-hybridized carbons (Fsp3) is 0.464. The zero-order chi connectivity index (χ0) is 31.1. The second-order valence-electron chi connectivity index (χ2n) is 11.7. The molecule has 3 atom stereocenters. The summed E-state index contributed by atoms with van der Waals surface area (Å²) in [5, 5.41) is 5.56. The SMILES string of the molecule is CC(C)N1CC2N(C(=O)C(NC(=O)NC(C)(C)C)CN2S(=O)(=O)c2cc(F)ccc2Cl)C(Cc2ccc(Cl)cc2)C1=O. The molecule has 2 heterocycles. The van der Waals surface area contributed by atoms with Gasteiger partial charge in [0.2, 0.25) is 21.8 Å². The van der Waals surface area contributed by atoms with Crippen LogP contribution in [0.5, 0.6) is 0 Å². The number of urea groups is 1. The quantitative estimate of drug-likeness (QED) is 0.499. The lowest BCUT2D eigenvalue weighted by molar-refractivity contribution is -0.168. The first-order chi connectivity index (χ1) is 19.5. The lowest BCUT2D eigenvalue weighted by Crippen LogP contribution is -2.76. The number of fused-ring (bicyclic) bond motifs is 1. The summed E-state index contributed by atoms with van der Waals surface area (Å²) >= 11 is 12.3. The number of nitrogens with zero attached hydrogens (tertiary/aromatic N) is 3. The van der Waals surface area contributed by atoms with Gasteiger partial charge >= 0.3 is 6.03 Å². The molecule has 3 unspecified atom stereocenters. The van der Waals surface area contributed by atoms with E-state index in [9.17, 15) is 27.2 Å². The van der Waals surface area contributed by atoms with Gasteiger partial charge in [0, 0.05) is 29.6 Å². The van der Waals surface area contributed by atoms with E-state index in [2.05, 4.69) is 10.6 Å². The van der Waals surface area contributed by atoms with Crippen LogP contribution in [0.2, 0.25) is 10.0 Å². The van der Waals surface area contributed by atoms with E-state index in [1.54, 1.807) is 58.9 Å². The van der Waals surface area contributed by atoms with E-state index in [0.29, 0.717) is 10.6 Å². The molecular weight excluding hydrogens is 608 g/mol. The Morgan fingerprint density at radius 3 is 2.29 bits per heavy atom. The lowest BCUT2D eigenvalue weighted by Gasteiger charge is -2.54. The predicted octanol–water partition coefficient (Wildman–Crippen LogP) is 3.62. The highest BCUT2D eigenvalue weighted by Crippen LogP contribution is 2.34. The van der Waals surface area contributed by atoms with Crippen LogP contribution in [0, 0.1) is 5.82 Å². The molecule has 10 nitrogen and oxygen atoms in total. The van der Waals surface area contributed by atoms with Gasteiger partial charge in [-0.1, -0.05) is 35.3 Å². The molecule has 0 radical (unpaired) electrons. The van der Waals surface area contributed by atoms with Gasteiger partial charge in [-0.15, -0.1) is 0 Å². The smallest absolute Gasteiger partial charge is 0.315 e. The van der Waals surface area contributed by atoms with Crippen LogP contribution in [-0.4, -0.2) is 83.3 Å². The molecule has 2 N–H and O–H groups in total. The lowest BCUT2D eigenvalue weighted by atomic mass is 9.96. The summed E-state index contributed by atoms with van der Waals surface area (Å²) in [5.74, 6) is -1.80. The number of carbonyl (C=O) groups is 3. The van der Waals surface area contributed by atoms with Gasteiger partial charge in [-0.2, -0.15) is 4.31 Å². The molecule has 14 heteroatoms. The van der Waals surface area contributed by atoms with Crippen molar-refractivity contribution in [3.8, 4) is 0 Å². The van der Waals surface area contributed by atoms with Crippen LogP contribution in [0.4, 0.5) is 9.18 Å². The van der Waals surface area contributed by atoms with E-state index in [4.69, 9.17) is 23.2 Å². The minimum atomic E-state index is -4.54. The van der Waals surface area contributed by atoms with Gasteiger partial charge in [0.15, 0.2) is 0 Å². The van der Waals surface area contributed by atoms with Crippen molar-refractivity contribution in [1.82, 2.24) is 24.7 Å². The van der Waals surface area contributed by atoms with E-state index in [1.807, 2.05) is 0 Å². The van der Waals surface area contributed by atoms with Gasteiger partial charge in [0.05, 0.1) is 11.6 Å². The van der Waals surface area contributed by atoms with Crippen molar-refractivity contribution >= 4 is 51.1 Å². The second kappa shape index (κ2) is 12.0. The van der Waals surface area contributed by atoms with Crippen LogP contribution < -0.4 is 10.6 Å². The molecule has 0 bridgehead atoms. The van der Waals surface area contributed by atoms with Crippen molar-refractivity contribution in [2.75, 3.05) is 13.1 Å². The number of amides is 4. The van der Waals surface area contributed by atoms with Gasteiger partial charge in [0.1, 0.15) is 29.0 Å². The van der Waals surface area contributed by atoms with Gasteiger partial charge in [-0.05, 0) is 70.5 Å². The Morgan fingerprint density at radius 1 is 1.05 bits per heavy atom. The molecule has 2 aromatic rings.